The molecule has 4 rings (SSSR count). The SMILES string of the molecule is C1=C(C2CCCCC2)CC(c2ccccc2)=C1c1ccccc1. The topological polar surface area (TPSA) is 0 Å². The highest BCUT2D eigenvalue weighted by Gasteiger charge is 2.25. The summed E-state index contributed by atoms with van der Waals surface area (Å²) < 4.78 is 0. The van der Waals surface area contributed by atoms with Crippen molar-refractivity contribution in [3.63, 3.8) is 0 Å². The van der Waals surface area contributed by atoms with Crippen molar-refractivity contribution in [1.29, 1.82) is 0 Å². The monoisotopic (exact) mass is 300 g/mol. The van der Waals surface area contributed by atoms with Gasteiger partial charge in [0.05, 0.1) is 0 Å². The molecule has 2 aromatic carbocycles. The minimum atomic E-state index is 0.809. The van der Waals surface area contributed by atoms with Crippen molar-refractivity contribution in [2.24, 2.45) is 5.92 Å². The maximum Gasteiger partial charge on any atom is -0.00489 e. The summed E-state index contributed by atoms with van der Waals surface area (Å²) in [6.07, 6.45) is 10.7. The minimum absolute atomic E-state index is 0.809. The largest absolute Gasteiger partial charge is 0.0622 e. The number of hydrogen-bond donors (Lipinski definition) is 0. The fraction of sp³-hybridized carbons (Fsp3) is 0.304. The molecule has 0 spiro atoms. The van der Waals surface area contributed by atoms with Crippen LogP contribution >= 0.6 is 0 Å². The first kappa shape index (κ1) is 14.5. The van der Waals surface area contributed by atoms with Crippen molar-refractivity contribution in [2.75, 3.05) is 0 Å². The summed E-state index contributed by atoms with van der Waals surface area (Å²) in [6.45, 7) is 0. The first-order chi connectivity index (χ1) is 11.4. The van der Waals surface area contributed by atoms with Gasteiger partial charge in [-0.15, -0.1) is 0 Å². The highest BCUT2D eigenvalue weighted by atomic mass is 14.3. The van der Waals surface area contributed by atoms with Crippen molar-refractivity contribution in [2.45, 2.75) is 38.5 Å². The van der Waals surface area contributed by atoms with Gasteiger partial charge in [0.15, 0.2) is 0 Å². The standard InChI is InChI=1S/C23H24/c1-4-10-18(11-5-1)21-16-22(19-12-6-2-7-13-19)23(17-21)20-14-8-3-9-15-20/h2-3,6-9,12-16,18H,1,4-5,10-11,17H2. The van der Waals surface area contributed by atoms with Gasteiger partial charge in [-0.05, 0) is 47.5 Å². The van der Waals surface area contributed by atoms with Gasteiger partial charge in [-0.2, -0.15) is 0 Å². The summed E-state index contributed by atoms with van der Waals surface area (Å²) in [5.41, 5.74) is 7.36. The molecule has 2 aliphatic carbocycles. The van der Waals surface area contributed by atoms with Crippen molar-refractivity contribution in [3.8, 4) is 0 Å². The molecule has 0 amide bonds. The van der Waals surface area contributed by atoms with E-state index in [-0.39, 0.29) is 0 Å². The van der Waals surface area contributed by atoms with E-state index < -0.39 is 0 Å². The highest BCUT2D eigenvalue weighted by molar-refractivity contribution is 5.99. The molecule has 2 aliphatic rings. The van der Waals surface area contributed by atoms with E-state index in [9.17, 15) is 0 Å². The summed E-state index contributed by atoms with van der Waals surface area (Å²) in [4.78, 5) is 0. The average Bonchev–Trinajstić information content (AvgIpc) is 3.09. The van der Waals surface area contributed by atoms with Crippen molar-refractivity contribution >= 4 is 11.1 Å². The summed E-state index contributed by atoms with van der Waals surface area (Å²) in [5.74, 6) is 0.809. The molecule has 0 atom stereocenters. The minimum Gasteiger partial charge on any atom is -0.0622 e. The molecule has 0 radical (unpaired) electrons. The Morgan fingerprint density at radius 3 is 1.91 bits per heavy atom. The zero-order chi connectivity index (χ0) is 15.5. The van der Waals surface area contributed by atoms with E-state index in [1.165, 1.54) is 54.4 Å². The summed E-state index contributed by atoms with van der Waals surface area (Å²) in [6, 6.07) is 21.8. The fourth-order valence-corrected chi connectivity index (χ4v) is 4.13. The van der Waals surface area contributed by atoms with Crippen LogP contribution in [0.3, 0.4) is 0 Å². The van der Waals surface area contributed by atoms with Crippen LogP contribution < -0.4 is 0 Å². The Morgan fingerprint density at radius 1 is 0.652 bits per heavy atom. The number of allylic oxidation sites excluding steroid dienone is 4. The fourth-order valence-electron chi connectivity index (χ4n) is 4.13. The van der Waals surface area contributed by atoms with Gasteiger partial charge in [-0.1, -0.05) is 91.6 Å². The smallest absolute Gasteiger partial charge is 0.00489 e. The lowest BCUT2D eigenvalue weighted by molar-refractivity contribution is 0.400. The van der Waals surface area contributed by atoms with Crippen LogP contribution in [0.15, 0.2) is 72.3 Å². The van der Waals surface area contributed by atoms with E-state index in [0.29, 0.717) is 0 Å². The molecular formula is C23H24. The number of hydrogen-bond acceptors (Lipinski definition) is 0. The molecule has 0 nitrogen and oxygen atoms in total. The van der Waals surface area contributed by atoms with Crippen molar-refractivity contribution in [3.05, 3.63) is 83.4 Å². The predicted molar refractivity (Wildman–Crippen MR) is 99.0 cm³/mol. The second-order valence-corrected chi connectivity index (χ2v) is 6.86. The molecular weight excluding hydrogens is 276 g/mol. The Balaban J connectivity index is 1.72. The molecule has 0 saturated heterocycles. The molecule has 2 aromatic rings. The molecule has 116 valence electrons. The second kappa shape index (κ2) is 6.58. The van der Waals surface area contributed by atoms with Gasteiger partial charge >= 0.3 is 0 Å². The van der Waals surface area contributed by atoms with E-state index in [0.717, 1.165) is 12.3 Å². The van der Waals surface area contributed by atoms with Gasteiger partial charge in [0.1, 0.15) is 0 Å². The van der Waals surface area contributed by atoms with Crippen LogP contribution in [0.25, 0.3) is 11.1 Å². The molecule has 0 N–H and O–H groups in total. The molecule has 1 fully saturated rings. The lowest BCUT2D eigenvalue weighted by Gasteiger charge is -2.23. The molecule has 1 saturated carbocycles. The van der Waals surface area contributed by atoms with E-state index >= 15 is 0 Å². The van der Waals surface area contributed by atoms with Crippen molar-refractivity contribution < 1.29 is 0 Å². The van der Waals surface area contributed by atoms with Gasteiger partial charge in [0.2, 0.25) is 0 Å². The summed E-state index contributed by atoms with van der Waals surface area (Å²) >= 11 is 0. The van der Waals surface area contributed by atoms with Gasteiger partial charge in [-0.25, -0.2) is 0 Å². The van der Waals surface area contributed by atoms with Crippen molar-refractivity contribution in [1.82, 2.24) is 0 Å². The first-order valence-electron chi connectivity index (χ1n) is 8.96. The number of benzene rings is 2. The van der Waals surface area contributed by atoms with E-state index in [2.05, 4.69) is 66.7 Å². The molecule has 0 heterocycles. The third-order valence-corrected chi connectivity index (χ3v) is 5.37. The lowest BCUT2D eigenvalue weighted by atomic mass is 9.82. The Kier molecular flexibility index (Phi) is 4.15. The Hall–Kier alpha value is -2.08. The van der Waals surface area contributed by atoms with Crippen LogP contribution in [0.2, 0.25) is 0 Å². The van der Waals surface area contributed by atoms with E-state index in [1.54, 1.807) is 5.57 Å². The highest BCUT2D eigenvalue weighted by Crippen LogP contribution is 2.44. The third kappa shape index (κ3) is 3.03. The first-order valence-corrected chi connectivity index (χ1v) is 8.96. The second-order valence-electron chi connectivity index (χ2n) is 6.86. The van der Waals surface area contributed by atoms with Crippen LogP contribution in [0, 0.1) is 5.92 Å². The van der Waals surface area contributed by atoms with E-state index in [1.807, 2.05) is 0 Å². The zero-order valence-corrected chi connectivity index (χ0v) is 13.7. The zero-order valence-electron chi connectivity index (χ0n) is 13.7. The Bertz CT molecular complexity index is 713. The Labute approximate surface area is 139 Å². The summed E-state index contributed by atoms with van der Waals surface area (Å²) in [5, 5.41) is 0. The van der Waals surface area contributed by atoms with Crippen LogP contribution in [-0.4, -0.2) is 0 Å². The quantitative estimate of drug-likeness (QED) is 0.606. The Morgan fingerprint density at radius 2 is 1.26 bits per heavy atom. The molecule has 0 bridgehead atoms. The maximum absolute atomic E-state index is 2.51. The maximum atomic E-state index is 2.51. The normalized spacial score (nSPS) is 19.0. The summed E-state index contributed by atoms with van der Waals surface area (Å²) in [7, 11) is 0. The van der Waals surface area contributed by atoms with Gasteiger partial charge in [-0.3, -0.25) is 0 Å². The molecule has 23 heavy (non-hydrogen) atoms. The molecule has 0 unspecified atom stereocenters. The number of rotatable bonds is 3. The molecule has 0 heteroatoms. The third-order valence-electron chi connectivity index (χ3n) is 5.37. The lowest BCUT2D eigenvalue weighted by Crippen LogP contribution is -2.08. The van der Waals surface area contributed by atoms with Crippen LogP contribution in [-0.2, 0) is 0 Å². The van der Waals surface area contributed by atoms with Gasteiger partial charge in [0, 0.05) is 0 Å². The van der Waals surface area contributed by atoms with E-state index in [4.69, 9.17) is 0 Å². The van der Waals surface area contributed by atoms with Crippen LogP contribution in [0.4, 0.5) is 0 Å². The molecule has 0 aromatic heterocycles. The van der Waals surface area contributed by atoms with Crippen LogP contribution in [0.5, 0.6) is 0 Å². The van der Waals surface area contributed by atoms with Gasteiger partial charge in [0.25, 0.3) is 0 Å². The predicted octanol–water partition coefficient (Wildman–Crippen LogP) is 6.51. The van der Waals surface area contributed by atoms with Gasteiger partial charge < -0.3 is 0 Å². The molecule has 0 aliphatic heterocycles. The average molecular weight is 300 g/mol. The van der Waals surface area contributed by atoms with Crippen LogP contribution in [0.1, 0.15) is 49.7 Å².